The van der Waals surface area contributed by atoms with Crippen LogP contribution in [-0.4, -0.2) is 61.5 Å². The smallest absolute Gasteiger partial charge is 0.333 e. The molecule has 0 rings (SSSR count). The number of carboxylic acids is 1. The fourth-order valence-corrected chi connectivity index (χ4v) is 3.47. The van der Waals surface area contributed by atoms with E-state index < -0.39 is 41.1 Å². The maximum Gasteiger partial charge on any atom is 0.333 e. The first-order chi connectivity index (χ1) is 12.0. The molecule has 1 N–H and O–H groups in total. The highest BCUT2D eigenvalue weighted by Crippen LogP contribution is 2.46. The zero-order valence-electron chi connectivity index (χ0n) is 14.8. The van der Waals surface area contributed by atoms with Gasteiger partial charge >= 0.3 is 23.9 Å². The lowest BCUT2D eigenvalue weighted by Crippen LogP contribution is -2.32. The Bertz CT molecular complexity index is 562. The zero-order chi connectivity index (χ0) is 20.4. The molecule has 0 saturated carbocycles. The van der Waals surface area contributed by atoms with Crippen molar-refractivity contribution in [3.63, 3.8) is 0 Å². The normalized spacial score (nSPS) is 12.6. The van der Waals surface area contributed by atoms with Gasteiger partial charge in [-0.05, 0) is 13.8 Å². The molecule has 11 heteroatoms. The fourth-order valence-electron chi connectivity index (χ4n) is 1.46. The van der Waals surface area contributed by atoms with E-state index >= 15 is 0 Å². The van der Waals surface area contributed by atoms with E-state index in [1.165, 1.54) is 13.8 Å². The molecular weight excluding hydrogens is 477 g/mol. The van der Waals surface area contributed by atoms with Crippen LogP contribution in [0.25, 0.3) is 0 Å². The van der Waals surface area contributed by atoms with Crippen molar-refractivity contribution in [1.29, 1.82) is 0 Å². The van der Waals surface area contributed by atoms with E-state index in [1.807, 2.05) is 22.0 Å². The van der Waals surface area contributed by atoms with Crippen LogP contribution in [0.4, 0.5) is 0 Å². The summed E-state index contributed by atoms with van der Waals surface area (Å²) < 4.78 is 15.0. The van der Waals surface area contributed by atoms with Crippen molar-refractivity contribution in [1.82, 2.24) is 0 Å². The van der Waals surface area contributed by atoms with E-state index in [0.29, 0.717) is 0 Å². The first-order valence-corrected chi connectivity index (χ1v) is 12.1. The average Bonchev–Trinajstić information content (AvgIpc) is 2.53. The third-order valence-corrected chi connectivity index (χ3v) is 6.15. The van der Waals surface area contributed by atoms with Crippen LogP contribution in [0, 0.1) is 0 Å². The van der Waals surface area contributed by atoms with Gasteiger partial charge in [-0.15, -0.1) is 0 Å². The monoisotopic (exact) mass is 498 g/mol. The summed E-state index contributed by atoms with van der Waals surface area (Å²) in [5.74, 6) is -3.26. The number of esters is 3. The van der Waals surface area contributed by atoms with E-state index in [-0.39, 0.29) is 30.8 Å². The maximum atomic E-state index is 12.0. The molecule has 26 heavy (non-hydrogen) atoms. The van der Waals surface area contributed by atoms with Gasteiger partial charge in [-0.25, -0.2) is 9.59 Å². The summed E-state index contributed by atoms with van der Waals surface area (Å²) in [6, 6.07) is 0. The van der Waals surface area contributed by atoms with Crippen molar-refractivity contribution in [3.05, 3.63) is 24.3 Å². The molecule has 0 fully saturated rings. The van der Waals surface area contributed by atoms with Gasteiger partial charge in [0.1, 0.15) is 20.8 Å². The molecule has 144 valence electrons. The Kier molecular flexibility index (Phi) is 11.4. The fraction of sp³-hybridized carbons (Fsp3) is 0.467. The number of carbonyl (C=O) groups is 4. The SMILES string of the molecule is BP(I)C(CC(=O)OC(COC(=O)C(=C)C)COC(=O)C(=C)C)C(=O)O. The Hall–Kier alpha value is -1.42. The highest BCUT2D eigenvalue weighted by atomic mass is 127. The van der Waals surface area contributed by atoms with Crippen LogP contribution >= 0.6 is 27.5 Å². The van der Waals surface area contributed by atoms with E-state index in [4.69, 9.17) is 19.3 Å². The number of halogens is 1. The number of hydrogen-bond donors (Lipinski definition) is 1. The molecule has 0 aliphatic carbocycles. The van der Waals surface area contributed by atoms with Crippen LogP contribution in [0.5, 0.6) is 0 Å². The van der Waals surface area contributed by atoms with Gasteiger partial charge in [0.25, 0.3) is 0 Å². The van der Waals surface area contributed by atoms with Crippen LogP contribution in [0.15, 0.2) is 24.3 Å². The minimum Gasteiger partial charge on any atom is -0.481 e. The molecule has 0 aromatic carbocycles. The number of aliphatic carboxylic acids is 1. The quantitative estimate of drug-likeness (QED) is 0.114. The highest BCUT2D eigenvalue weighted by molar-refractivity contribution is 14.2. The molecule has 0 aromatic rings. The van der Waals surface area contributed by atoms with Crippen molar-refractivity contribution in [2.24, 2.45) is 0 Å². The molecular formula is C15H21BIO8P. The molecule has 2 atom stereocenters. The van der Waals surface area contributed by atoms with Gasteiger partial charge in [-0.3, -0.25) is 9.59 Å². The lowest BCUT2D eigenvalue weighted by atomic mass is 10.3. The van der Waals surface area contributed by atoms with Gasteiger partial charge in [-0.1, -0.05) is 40.6 Å². The third kappa shape index (κ3) is 9.91. The highest BCUT2D eigenvalue weighted by Gasteiger charge is 2.28. The number of rotatable bonds is 11. The van der Waals surface area contributed by atoms with E-state index in [0.717, 1.165) is 0 Å². The van der Waals surface area contributed by atoms with Crippen molar-refractivity contribution in [2.75, 3.05) is 13.2 Å². The van der Waals surface area contributed by atoms with Gasteiger partial charge in [-0.2, -0.15) is 0 Å². The molecule has 0 bridgehead atoms. The minimum atomic E-state index is -1.09. The van der Waals surface area contributed by atoms with Crippen molar-refractivity contribution in [3.8, 4) is 0 Å². The van der Waals surface area contributed by atoms with Gasteiger partial charge in [0, 0.05) is 11.1 Å². The Labute approximate surface area is 166 Å². The summed E-state index contributed by atoms with van der Waals surface area (Å²) >= 11 is 1.97. The van der Waals surface area contributed by atoms with Crippen molar-refractivity contribution < 1.29 is 38.5 Å². The molecule has 0 heterocycles. The first kappa shape index (κ1) is 24.6. The average molecular weight is 498 g/mol. The summed E-state index contributed by atoms with van der Waals surface area (Å²) in [6.45, 7) is 9.04. The summed E-state index contributed by atoms with van der Waals surface area (Å²) in [5, 5.41) is 9.15. The number of ether oxygens (including phenoxy) is 3. The standard InChI is InChI=1S/C15H21BIO8P/c1-8(2)14(21)23-6-10(7-24-15(22)9(3)4)25-12(18)5-11(13(19)20)26(16)17/h10-11H,1,3,5-7,16H2,2,4H3,(H,19,20). The largest absolute Gasteiger partial charge is 0.481 e. The van der Waals surface area contributed by atoms with Crippen LogP contribution in [0.1, 0.15) is 20.3 Å². The number of hydrogen-bond acceptors (Lipinski definition) is 7. The third-order valence-electron chi connectivity index (χ3n) is 2.87. The number of carboxylic acid groups (broad SMARTS) is 1. The molecule has 8 nitrogen and oxygen atoms in total. The van der Waals surface area contributed by atoms with Crippen molar-refractivity contribution in [2.45, 2.75) is 32.0 Å². The Morgan fingerprint density at radius 3 is 1.81 bits per heavy atom. The van der Waals surface area contributed by atoms with Gasteiger partial charge in [0.15, 0.2) is 6.10 Å². The Balaban J connectivity index is 4.90. The molecule has 0 radical (unpaired) electrons. The summed E-state index contributed by atoms with van der Waals surface area (Å²) in [4.78, 5) is 46.2. The molecule has 2 unspecified atom stereocenters. The second-order valence-electron chi connectivity index (χ2n) is 5.45. The van der Waals surface area contributed by atoms with E-state index in [9.17, 15) is 19.2 Å². The maximum absolute atomic E-state index is 12.0. The predicted molar refractivity (Wildman–Crippen MR) is 107 cm³/mol. The first-order valence-electron chi connectivity index (χ1n) is 7.41. The summed E-state index contributed by atoms with van der Waals surface area (Å²) in [7, 11) is 1.72. The van der Waals surface area contributed by atoms with Gasteiger partial charge in [0.2, 0.25) is 0 Å². The minimum absolute atomic E-state index is 0.154. The lowest BCUT2D eigenvalue weighted by Gasteiger charge is -2.20. The summed E-state index contributed by atoms with van der Waals surface area (Å²) in [6.07, 6.45) is -1.40. The Morgan fingerprint density at radius 2 is 1.50 bits per heavy atom. The zero-order valence-corrected chi connectivity index (χ0v) is 17.9. The van der Waals surface area contributed by atoms with E-state index in [2.05, 4.69) is 13.2 Å². The molecule has 0 aliphatic rings. The molecule has 0 aromatic heterocycles. The molecule has 0 aliphatic heterocycles. The second-order valence-corrected chi connectivity index (χ2v) is 11.7. The molecule has 0 amide bonds. The van der Waals surface area contributed by atoms with Crippen LogP contribution in [-0.2, 0) is 33.4 Å². The topological polar surface area (TPSA) is 116 Å². The van der Waals surface area contributed by atoms with Crippen molar-refractivity contribution >= 4 is 58.9 Å². The predicted octanol–water partition coefficient (Wildman–Crippen LogP) is 1.36. The number of carbonyl (C=O) groups excluding carboxylic acids is 3. The van der Waals surface area contributed by atoms with Gasteiger partial charge < -0.3 is 19.3 Å². The molecule has 0 spiro atoms. The lowest BCUT2D eigenvalue weighted by molar-refractivity contribution is -0.164. The summed E-state index contributed by atoms with van der Waals surface area (Å²) in [5.41, 5.74) is -1.50. The van der Waals surface area contributed by atoms with Crippen LogP contribution < -0.4 is 0 Å². The Morgan fingerprint density at radius 1 is 1.08 bits per heavy atom. The molecule has 0 saturated heterocycles. The second kappa shape index (κ2) is 12.1. The van der Waals surface area contributed by atoms with E-state index in [1.54, 1.807) is 7.57 Å². The van der Waals surface area contributed by atoms with Crippen LogP contribution in [0.3, 0.4) is 0 Å². The van der Waals surface area contributed by atoms with Crippen LogP contribution in [0.2, 0.25) is 0 Å². The van der Waals surface area contributed by atoms with Gasteiger partial charge in [0.05, 0.1) is 12.1 Å².